The average molecular weight is 332 g/mol. The minimum absolute atomic E-state index is 1.21. The molecule has 3 aromatic carbocycles. The number of rotatable bonds is 2. The van der Waals surface area contributed by atoms with Crippen LogP contribution in [-0.4, -0.2) is 0 Å². The van der Waals surface area contributed by atoms with Gasteiger partial charge in [0.15, 0.2) is 0 Å². The molecule has 2 heteroatoms. The monoisotopic (exact) mass is 332 g/mol. The summed E-state index contributed by atoms with van der Waals surface area (Å²) in [5.41, 5.74) is 7.38. The van der Waals surface area contributed by atoms with Crippen molar-refractivity contribution in [2.75, 3.05) is 0 Å². The molecule has 0 nitrogen and oxygen atoms in total. The fraction of sp³-hybridized carbons (Fsp3) is 0.0952. The van der Waals surface area contributed by atoms with E-state index in [2.05, 4.69) is 80.3 Å². The van der Waals surface area contributed by atoms with Crippen molar-refractivity contribution in [3.63, 3.8) is 0 Å². The van der Waals surface area contributed by atoms with Crippen LogP contribution in [0.3, 0.4) is 0 Å². The summed E-state index contributed by atoms with van der Waals surface area (Å²) in [6, 6.07) is 19.4. The Balaban J connectivity index is 1.75. The Labute approximate surface area is 145 Å². The Bertz CT molecular complexity index is 976. The van der Waals surface area contributed by atoms with Gasteiger partial charge in [-0.25, -0.2) is 0 Å². The van der Waals surface area contributed by atoms with Gasteiger partial charge in [-0.15, -0.1) is 0 Å². The maximum Gasteiger partial charge on any atom is 0.0922 e. The number of thioether (sulfide) groups is 2. The fourth-order valence-electron chi connectivity index (χ4n) is 2.88. The van der Waals surface area contributed by atoms with E-state index < -0.39 is 0 Å². The van der Waals surface area contributed by atoms with Crippen LogP contribution in [0.1, 0.15) is 16.7 Å². The maximum absolute atomic E-state index is 3.44. The SMILES string of the molecule is Cc1cc(SC2=C=Cc3ccccc3S2)c(C)c2ccccc12. The fourth-order valence-corrected chi connectivity index (χ4v) is 5.11. The number of aryl methyl sites for hydroxylation is 2. The summed E-state index contributed by atoms with van der Waals surface area (Å²) in [6.07, 6.45) is 2.09. The van der Waals surface area contributed by atoms with Crippen LogP contribution in [0, 0.1) is 13.8 Å². The molecule has 112 valence electrons. The molecule has 0 bridgehead atoms. The lowest BCUT2D eigenvalue weighted by atomic mass is 10.0. The lowest BCUT2D eigenvalue weighted by Gasteiger charge is -2.14. The van der Waals surface area contributed by atoms with Crippen LogP contribution in [0.25, 0.3) is 16.8 Å². The molecule has 4 rings (SSSR count). The number of hydrogen-bond acceptors (Lipinski definition) is 2. The third-order valence-electron chi connectivity index (χ3n) is 4.14. The Morgan fingerprint density at radius 2 is 1.65 bits per heavy atom. The van der Waals surface area contributed by atoms with Crippen LogP contribution in [0.5, 0.6) is 0 Å². The van der Waals surface area contributed by atoms with Gasteiger partial charge in [-0.1, -0.05) is 71.7 Å². The van der Waals surface area contributed by atoms with Gasteiger partial charge >= 0.3 is 0 Å². The molecule has 0 unspecified atom stereocenters. The normalized spacial score (nSPS) is 13.0. The summed E-state index contributed by atoms with van der Waals surface area (Å²) in [4.78, 5) is 2.63. The molecule has 0 aromatic heterocycles. The molecule has 0 fully saturated rings. The summed E-state index contributed by atoms with van der Waals surface area (Å²) in [6.45, 7) is 4.41. The van der Waals surface area contributed by atoms with Crippen molar-refractivity contribution in [1.29, 1.82) is 0 Å². The summed E-state index contributed by atoms with van der Waals surface area (Å²) >= 11 is 3.63. The van der Waals surface area contributed by atoms with Crippen LogP contribution < -0.4 is 0 Å². The highest BCUT2D eigenvalue weighted by molar-refractivity contribution is 8.22. The van der Waals surface area contributed by atoms with Crippen molar-refractivity contribution >= 4 is 40.4 Å². The highest BCUT2D eigenvalue weighted by Gasteiger charge is 2.13. The summed E-state index contributed by atoms with van der Waals surface area (Å²) in [5.74, 6) is 0. The Kier molecular flexibility index (Phi) is 3.82. The van der Waals surface area contributed by atoms with Crippen LogP contribution in [0.15, 0.2) is 74.4 Å². The van der Waals surface area contributed by atoms with Crippen LogP contribution in [-0.2, 0) is 0 Å². The number of hydrogen-bond donors (Lipinski definition) is 0. The van der Waals surface area contributed by atoms with Crippen molar-refractivity contribution in [1.82, 2.24) is 0 Å². The maximum atomic E-state index is 3.44. The van der Waals surface area contributed by atoms with E-state index in [1.54, 1.807) is 0 Å². The van der Waals surface area contributed by atoms with E-state index in [0.717, 1.165) is 0 Å². The zero-order chi connectivity index (χ0) is 15.8. The standard InChI is InChI=1S/C21H16S2/c1-14-13-20(15(2)18-9-5-4-8-17(14)18)23-21-12-11-16-7-3-6-10-19(16)22-21/h3-11,13H,1-2H3. The van der Waals surface area contributed by atoms with Crippen molar-refractivity contribution in [3.05, 3.63) is 81.3 Å². The molecule has 23 heavy (non-hydrogen) atoms. The molecule has 0 N–H and O–H groups in total. The second-order valence-corrected chi connectivity index (χ2v) is 8.04. The lowest BCUT2D eigenvalue weighted by Crippen LogP contribution is -1.88. The minimum Gasteiger partial charge on any atom is -0.0976 e. The Morgan fingerprint density at radius 3 is 2.52 bits per heavy atom. The van der Waals surface area contributed by atoms with Gasteiger partial charge in [0, 0.05) is 9.79 Å². The van der Waals surface area contributed by atoms with E-state index in [1.165, 1.54) is 41.5 Å². The molecule has 0 aliphatic carbocycles. The molecule has 0 saturated heterocycles. The molecule has 0 radical (unpaired) electrons. The van der Waals surface area contributed by atoms with Gasteiger partial charge in [-0.3, -0.25) is 0 Å². The first-order valence-corrected chi connectivity index (χ1v) is 9.26. The lowest BCUT2D eigenvalue weighted by molar-refractivity contribution is 1.31. The molecule has 0 spiro atoms. The summed E-state index contributed by atoms with van der Waals surface area (Å²) in [7, 11) is 0. The van der Waals surface area contributed by atoms with Crippen molar-refractivity contribution < 1.29 is 0 Å². The van der Waals surface area contributed by atoms with E-state index in [9.17, 15) is 0 Å². The molecule has 1 aliphatic heterocycles. The van der Waals surface area contributed by atoms with Gasteiger partial charge in [0.1, 0.15) is 0 Å². The molecule has 0 atom stereocenters. The van der Waals surface area contributed by atoms with Gasteiger partial charge < -0.3 is 0 Å². The topological polar surface area (TPSA) is 0 Å². The highest BCUT2D eigenvalue weighted by Crippen LogP contribution is 2.44. The number of fused-ring (bicyclic) bond motifs is 2. The van der Waals surface area contributed by atoms with Crippen LogP contribution >= 0.6 is 23.5 Å². The first kappa shape index (κ1) is 14.7. The molecular weight excluding hydrogens is 316 g/mol. The average Bonchev–Trinajstić information content (AvgIpc) is 2.59. The van der Waals surface area contributed by atoms with Crippen molar-refractivity contribution in [2.45, 2.75) is 23.6 Å². The van der Waals surface area contributed by atoms with E-state index in [-0.39, 0.29) is 0 Å². The highest BCUT2D eigenvalue weighted by atomic mass is 32.2. The van der Waals surface area contributed by atoms with E-state index in [4.69, 9.17) is 0 Å². The van der Waals surface area contributed by atoms with Gasteiger partial charge in [-0.2, -0.15) is 0 Å². The van der Waals surface area contributed by atoms with Crippen molar-refractivity contribution in [3.8, 4) is 0 Å². The van der Waals surface area contributed by atoms with Gasteiger partial charge in [-0.05, 0) is 59.5 Å². The minimum atomic E-state index is 1.21. The van der Waals surface area contributed by atoms with E-state index >= 15 is 0 Å². The second kappa shape index (κ2) is 5.98. The largest absolute Gasteiger partial charge is 0.0976 e. The van der Waals surface area contributed by atoms with Crippen LogP contribution in [0.4, 0.5) is 0 Å². The first-order chi connectivity index (χ1) is 11.2. The quantitative estimate of drug-likeness (QED) is 0.473. The Morgan fingerprint density at radius 1 is 0.913 bits per heavy atom. The zero-order valence-electron chi connectivity index (χ0n) is 13.1. The predicted octanol–water partition coefficient (Wildman–Crippen LogP) is 6.81. The smallest absolute Gasteiger partial charge is 0.0922 e. The zero-order valence-corrected chi connectivity index (χ0v) is 14.7. The predicted molar refractivity (Wildman–Crippen MR) is 103 cm³/mol. The van der Waals surface area contributed by atoms with Crippen molar-refractivity contribution in [2.24, 2.45) is 0 Å². The molecule has 1 aliphatic rings. The van der Waals surface area contributed by atoms with E-state index in [0.29, 0.717) is 0 Å². The molecule has 1 heterocycles. The van der Waals surface area contributed by atoms with Gasteiger partial charge in [0.2, 0.25) is 0 Å². The number of benzene rings is 3. The van der Waals surface area contributed by atoms with Gasteiger partial charge in [0.25, 0.3) is 0 Å². The second-order valence-electron chi connectivity index (χ2n) is 5.68. The summed E-state index contributed by atoms with van der Waals surface area (Å²) in [5, 5.41) is 2.70. The molecule has 3 aromatic rings. The molecular formula is C21H16S2. The first-order valence-electron chi connectivity index (χ1n) is 7.63. The third kappa shape index (κ3) is 2.74. The molecule has 0 amide bonds. The summed E-state index contributed by atoms with van der Waals surface area (Å²) < 4.78 is 1.21. The van der Waals surface area contributed by atoms with E-state index in [1.807, 2.05) is 23.5 Å². The Hall–Kier alpha value is -1.86. The third-order valence-corrected chi connectivity index (χ3v) is 6.49. The van der Waals surface area contributed by atoms with Gasteiger partial charge in [0.05, 0.1) is 4.24 Å². The molecule has 0 saturated carbocycles. The van der Waals surface area contributed by atoms with Crippen LogP contribution in [0.2, 0.25) is 0 Å².